The van der Waals surface area contributed by atoms with E-state index in [2.05, 4.69) is 5.32 Å². The molecule has 1 atom stereocenters. The highest BCUT2D eigenvalue weighted by Crippen LogP contribution is 2.27. The van der Waals surface area contributed by atoms with Crippen LogP contribution in [0.4, 0.5) is 5.69 Å². The second kappa shape index (κ2) is 12.8. The van der Waals surface area contributed by atoms with E-state index in [1.54, 1.807) is 38.1 Å². The number of nitrogens with zero attached hydrogens (tertiary/aromatic N) is 3. The third-order valence-electron chi connectivity index (χ3n) is 5.71. The molecule has 2 aromatic carbocycles. The van der Waals surface area contributed by atoms with Gasteiger partial charge in [-0.2, -0.15) is 12.7 Å². The summed E-state index contributed by atoms with van der Waals surface area (Å²) in [4.78, 5) is 27.9. The lowest BCUT2D eigenvalue weighted by molar-refractivity contribution is -0.139. The van der Waals surface area contributed by atoms with Gasteiger partial charge < -0.3 is 10.2 Å². The van der Waals surface area contributed by atoms with Crippen molar-refractivity contribution in [1.82, 2.24) is 14.5 Å². The Labute approximate surface area is 224 Å². The minimum absolute atomic E-state index is 0.0408. The van der Waals surface area contributed by atoms with E-state index in [0.717, 1.165) is 20.6 Å². The number of carbonyl (C=O) groups excluding carboxylic acids is 2. The molecule has 0 unspecified atom stereocenters. The first-order valence-corrected chi connectivity index (χ1v) is 13.7. The molecular weight excluding hydrogens is 523 g/mol. The molecule has 198 valence electrons. The Hall–Kier alpha value is -2.33. The normalized spacial score (nSPS) is 12.4. The summed E-state index contributed by atoms with van der Waals surface area (Å²) in [6.07, 6.45) is 0.737. The van der Waals surface area contributed by atoms with Gasteiger partial charge in [0.05, 0.1) is 15.7 Å². The lowest BCUT2D eigenvalue weighted by atomic mass is 10.1. The summed E-state index contributed by atoms with van der Waals surface area (Å²) in [6, 6.07) is 9.50. The fourth-order valence-corrected chi connectivity index (χ4v) is 4.94. The lowest BCUT2D eigenvalue weighted by Crippen LogP contribution is -2.52. The van der Waals surface area contributed by atoms with E-state index in [4.69, 9.17) is 23.2 Å². The van der Waals surface area contributed by atoms with Gasteiger partial charge >= 0.3 is 10.2 Å². The number of anilines is 1. The third-order valence-corrected chi connectivity index (χ3v) is 8.25. The molecule has 11 heteroatoms. The van der Waals surface area contributed by atoms with Crippen LogP contribution in [0.3, 0.4) is 0 Å². The standard InChI is InChI=1S/C25H34Cl2N4O4S/c1-7-12-28-25(33)19(4)30(15-20-10-11-21(26)22(27)14-20)24(32)16-31(36(34,35)29(5)6)23-13-17(2)8-9-18(23)3/h8-11,13-14,19H,7,12,15-16H2,1-6H3,(H,28,33)/t19-/m1/s1. The number of benzene rings is 2. The second-order valence-electron chi connectivity index (χ2n) is 8.82. The van der Waals surface area contributed by atoms with Crippen LogP contribution < -0.4 is 9.62 Å². The molecule has 0 spiro atoms. The number of nitrogens with one attached hydrogen (secondary N) is 1. The number of carbonyl (C=O) groups is 2. The largest absolute Gasteiger partial charge is 0.354 e. The summed E-state index contributed by atoms with van der Waals surface area (Å²) >= 11 is 12.2. The van der Waals surface area contributed by atoms with Crippen molar-refractivity contribution in [3.05, 3.63) is 63.1 Å². The molecule has 8 nitrogen and oxygen atoms in total. The Morgan fingerprint density at radius 1 is 1.03 bits per heavy atom. The van der Waals surface area contributed by atoms with E-state index < -0.39 is 28.7 Å². The number of aryl methyl sites for hydroxylation is 2. The van der Waals surface area contributed by atoms with E-state index in [0.29, 0.717) is 33.4 Å². The molecule has 0 saturated carbocycles. The van der Waals surface area contributed by atoms with Crippen LogP contribution in [-0.2, 0) is 26.3 Å². The Balaban J connectivity index is 2.51. The van der Waals surface area contributed by atoms with Gasteiger partial charge in [0.15, 0.2) is 0 Å². The van der Waals surface area contributed by atoms with Crippen LogP contribution in [0.25, 0.3) is 0 Å². The van der Waals surface area contributed by atoms with Gasteiger partial charge in [-0.25, -0.2) is 4.31 Å². The molecule has 1 N–H and O–H groups in total. The van der Waals surface area contributed by atoms with Crippen LogP contribution >= 0.6 is 23.2 Å². The van der Waals surface area contributed by atoms with Crippen LogP contribution in [0.2, 0.25) is 10.0 Å². The molecule has 36 heavy (non-hydrogen) atoms. The fraction of sp³-hybridized carbons (Fsp3) is 0.440. The van der Waals surface area contributed by atoms with E-state index in [9.17, 15) is 18.0 Å². The molecule has 0 aliphatic rings. The maximum absolute atomic E-state index is 13.7. The molecule has 0 saturated heterocycles. The first-order valence-electron chi connectivity index (χ1n) is 11.6. The number of halogens is 2. The summed E-state index contributed by atoms with van der Waals surface area (Å²) in [5, 5.41) is 3.49. The summed E-state index contributed by atoms with van der Waals surface area (Å²) in [7, 11) is -1.21. The predicted octanol–water partition coefficient (Wildman–Crippen LogP) is 4.17. The third kappa shape index (κ3) is 7.35. The molecule has 0 aliphatic heterocycles. The summed E-state index contributed by atoms with van der Waals surface area (Å²) in [5.41, 5.74) is 2.60. The van der Waals surface area contributed by atoms with Gasteiger partial charge in [-0.3, -0.25) is 9.59 Å². The fourth-order valence-electron chi connectivity index (χ4n) is 3.50. The topological polar surface area (TPSA) is 90.0 Å². The van der Waals surface area contributed by atoms with Gasteiger partial charge in [-0.15, -0.1) is 0 Å². The smallest absolute Gasteiger partial charge is 0.304 e. The van der Waals surface area contributed by atoms with Crippen molar-refractivity contribution in [3.63, 3.8) is 0 Å². The molecule has 0 aromatic heterocycles. The number of hydrogen-bond donors (Lipinski definition) is 1. The summed E-state index contributed by atoms with van der Waals surface area (Å²) < 4.78 is 28.8. The molecule has 0 heterocycles. The minimum Gasteiger partial charge on any atom is -0.354 e. The van der Waals surface area contributed by atoms with E-state index in [1.807, 2.05) is 26.0 Å². The highest BCUT2D eigenvalue weighted by molar-refractivity contribution is 7.90. The van der Waals surface area contributed by atoms with Gasteiger partial charge in [0, 0.05) is 27.2 Å². The molecule has 2 rings (SSSR count). The molecule has 2 aromatic rings. The number of hydrogen-bond acceptors (Lipinski definition) is 4. The van der Waals surface area contributed by atoms with Crippen molar-refractivity contribution in [2.75, 3.05) is 31.5 Å². The zero-order chi connectivity index (χ0) is 27.2. The highest BCUT2D eigenvalue weighted by Gasteiger charge is 2.33. The van der Waals surface area contributed by atoms with Gasteiger partial charge in [-0.1, -0.05) is 48.3 Å². The Kier molecular flexibility index (Phi) is 10.6. The maximum atomic E-state index is 13.7. The highest BCUT2D eigenvalue weighted by atomic mass is 35.5. The number of amides is 2. The molecule has 0 radical (unpaired) electrons. The van der Waals surface area contributed by atoms with Crippen molar-refractivity contribution in [1.29, 1.82) is 0 Å². The minimum atomic E-state index is -4.03. The Morgan fingerprint density at radius 3 is 2.28 bits per heavy atom. The average Bonchev–Trinajstić information content (AvgIpc) is 2.82. The SMILES string of the molecule is CCCNC(=O)[C@@H](C)N(Cc1ccc(Cl)c(Cl)c1)C(=O)CN(c1cc(C)ccc1C)S(=O)(=O)N(C)C. The molecule has 2 amide bonds. The zero-order valence-corrected chi connectivity index (χ0v) is 23.8. The van der Waals surface area contributed by atoms with Crippen LogP contribution in [0.1, 0.15) is 37.0 Å². The summed E-state index contributed by atoms with van der Waals surface area (Å²) in [5.74, 6) is -0.870. The summed E-state index contributed by atoms with van der Waals surface area (Å²) in [6.45, 7) is 7.19. The molecule has 0 aliphatic carbocycles. The average molecular weight is 558 g/mol. The van der Waals surface area contributed by atoms with Gasteiger partial charge in [0.1, 0.15) is 12.6 Å². The van der Waals surface area contributed by atoms with Gasteiger partial charge in [0.2, 0.25) is 11.8 Å². The van der Waals surface area contributed by atoms with Gasteiger partial charge in [-0.05, 0) is 62.1 Å². The van der Waals surface area contributed by atoms with Crippen LogP contribution in [-0.4, -0.2) is 62.7 Å². The van der Waals surface area contributed by atoms with Crippen LogP contribution in [0.15, 0.2) is 36.4 Å². The monoisotopic (exact) mass is 556 g/mol. The molecule has 0 fully saturated rings. The maximum Gasteiger partial charge on any atom is 0.304 e. The Bertz CT molecular complexity index is 1200. The van der Waals surface area contributed by atoms with E-state index in [1.165, 1.54) is 19.0 Å². The van der Waals surface area contributed by atoms with Crippen molar-refractivity contribution >= 4 is 50.9 Å². The van der Waals surface area contributed by atoms with Crippen LogP contribution in [0.5, 0.6) is 0 Å². The Morgan fingerprint density at radius 2 is 1.69 bits per heavy atom. The molecule has 0 bridgehead atoms. The zero-order valence-electron chi connectivity index (χ0n) is 21.5. The first-order chi connectivity index (χ1) is 16.8. The van der Waals surface area contributed by atoms with Gasteiger partial charge in [0.25, 0.3) is 0 Å². The van der Waals surface area contributed by atoms with Crippen molar-refractivity contribution < 1.29 is 18.0 Å². The van der Waals surface area contributed by atoms with Crippen LogP contribution in [0, 0.1) is 13.8 Å². The quantitative estimate of drug-likeness (QED) is 0.449. The molecular formula is C25H34Cl2N4O4S. The van der Waals surface area contributed by atoms with Crippen molar-refractivity contribution in [2.24, 2.45) is 0 Å². The van der Waals surface area contributed by atoms with E-state index >= 15 is 0 Å². The second-order valence-corrected chi connectivity index (χ2v) is 11.7. The van der Waals surface area contributed by atoms with Crippen molar-refractivity contribution in [2.45, 2.75) is 46.7 Å². The first kappa shape index (κ1) is 29.9. The number of rotatable bonds is 11. The predicted molar refractivity (Wildman–Crippen MR) is 146 cm³/mol. The van der Waals surface area contributed by atoms with E-state index in [-0.39, 0.29) is 12.5 Å². The van der Waals surface area contributed by atoms with Crippen molar-refractivity contribution in [3.8, 4) is 0 Å². The lowest BCUT2D eigenvalue weighted by Gasteiger charge is -2.33.